The maximum Gasteiger partial charge on any atom is -0.0184 e. The van der Waals surface area contributed by atoms with E-state index in [-0.39, 0.29) is 0 Å². The first kappa shape index (κ1) is 17.9. The summed E-state index contributed by atoms with van der Waals surface area (Å²) in [5, 5.41) is 0. The Bertz CT molecular complexity index is 891. The minimum Gasteiger partial charge on any atom is -0.0616 e. The average molecular weight is 338 g/mol. The maximum absolute atomic E-state index is 2.24. The van der Waals surface area contributed by atoms with Crippen molar-refractivity contribution in [2.24, 2.45) is 0 Å². The van der Waals surface area contributed by atoms with Gasteiger partial charge in [-0.2, -0.15) is 0 Å². The van der Waals surface area contributed by atoms with Crippen LogP contribution in [0.5, 0.6) is 0 Å². The molecule has 0 heteroatoms. The summed E-state index contributed by atoms with van der Waals surface area (Å²) < 4.78 is 0. The van der Waals surface area contributed by atoms with E-state index >= 15 is 0 Å². The predicted octanol–water partition coefficient (Wildman–Crippen LogP) is 7.26. The number of hydrogen-bond donors (Lipinski definition) is 0. The lowest BCUT2D eigenvalue weighted by atomic mass is 10.0. The van der Waals surface area contributed by atoms with Gasteiger partial charge in [-0.1, -0.05) is 85.0 Å². The smallest absolute Gasteiger partial charge is 0.0184 e. The Labute approximate surface area is 157 Å². The maximum atomic E-state index is 2.24. The van der Waals surface area contributed by atoms with Crippen LogP contribution in [0.3, 0.4) is 0 Å². The van der Waals surface area contributed by atoms with Gasteiger partial charge in [-0.05, 0) is 72.2 Å². The normalized spacial score (nSPS) is 11.5. The SMILES string of the molecule is Cc1ccc(/C=C/c2ccccc2/C=C/c2ccc(C)c(C)c2)cc1C. The number of benzene rings is 3. The van der Waals surface area contributed by atoms with Crippen LogP contribution < -0.4 is 0 Å². The highest BCUT2D eigenvalue weighted by Gasteiger charge is 1.98. The summed E-state index contributed by atoms with van der Waals surface area (Å²) in [4.78, 5) is 0. The van der Waals surface area contributed by atoms with Crippen molar-refractivity contribution >= 4 is 24.3 Å². The van der Waals surface area contributed by atoms with Gasteiger partial charge < -0.3 is 0 Å². The first-order valence-corrected chi connectivity index (χ1v) is 9.12. The van der Waals surface area contributed by atoms with E-state index in [4.69, 9.17) is 0 Å². The van der Waals surface area contributed by atoms with Gasteiger partial charge >= 0.3 is 0 Å². The highest BCUT2D eigenvalue weighted by Crippen LogP contribution is 2.19. The van der Waals surface area contributed by atoms with Crippen molar-refractivity contribution in [3.05, 3.63) is 105 Å². The zero-order chi connectivity index (χ0) is 18.5. The van der Waals surface area contributed by atoms with Gasteiger partial charge in [0.1, 0.15) is 0 Å². The topological polar surface area (TPSA) is 0 Å². The number of aryl methyl sites for hydroxylation is 4. The highest BCUT2D eigenvalue weighted by atomic mass is 14.0. The molecule has 0 aromatic heterocycles. The minimum atomic E-state index is 1.23. The van der Waals surface area contributed by atoms with Gasteiger partial charge in [0.25, 0.3) is 0 Å². The Morgan fingerprint density at radius 1 is 0.462 bits per heavy atom. The molecular formula is C26H26. The van der Waals surface area contributed by atoms with Crippen molar-refractivity contribution in [1.29, 1.82) is 0 Å². The third-order valence-corrected chi connectivity index (χ3v) is 4.97. The quantitative estimate of drug-likeness (QED) is 0.439. The molecule has 0 atom stereocenters. The molecule has 0 saturated carbocycles. The average Bonchev–Trinajstić information content (AvgIpc) is 2.64. The second-order valence-corrected chi connectivity index (χ2v) is 6.98. The molecule has 130 valence electrons. The van der Waals surface area contributed by atoms with Crippen LogP contribution in [0.15, 0.2) is 60.7 Å². The van der Waals surface area contributed by atoms with Crippen molar-refractivity contribution in [3.63, 3.8) is 0 Å². The van der Waals surface area contributed by atoms with Crippen LogP contribution >= 0.6 is 0 Å². The fourth-order valence-corrected chi connectivity index (χ4v) is 2.92. The lowest BCUT2D eigenvalue weighted by Crippen LogP contribution is -1.83. The second-order valence-electron chi connectivity index (χ2n) is 6.98. The van der Waals surface area contributed by atoms with Gasteiger partial charge in [0, 0.05) is 0 Å². The molecule has 3 rings (SSSR count). The molecule has 0 radical (unpaired) electrons. The first-order valence-electron chi connectivity index (χ1n) is 9.12. The zero-order valence-electron chi connectivity index (χ0n) is 16.1. The van der Waals surface area contributed by atoms with Crippen LogP contribution in [0, 0.1) is 27.7 Å². The van der Waals surface area contributed by atoms with E-state index in [0.29, 0.717) is 0 Å². The van der Waals surface area contributed by atoms with E-state index in [9.17, 15) is 0 Å². The Balaban J connectivity index is 1.85. The molecule has 0 N–H and O–H groups in total. The molecule has 0 aliphatic heterocycles. The minimum absolute atomic E-state index is 1.23. The summed E-state index contributed by atoms with van der Waals surface area (Å²) in [7, 11) is 0. The van der Waals surface area contributed by atoms with Gasteiger partial charge in [0.05, 0.1) is 0 Å². The third kappa shape index (κ3) is 4.40. The molecule has 3 aromatic rings. The second kappa shape index (κ2) is 8.01. The summed E-state index contributed by atoms with van der Waals surface area (Å²) in [5.74, 6) is 0. The summed E-state index contributed by atoms with van der Waals surface area (Å²) >= 11 is 0. The molecular weight excluding hydrogens is 312 g/mol. The van der Waals surface area contributed by atoms with Gasteiger partial charge in [-0.25, -0.2) is 0 Å². The molecule has 0 amide bonds. The summed E-state index contributed by atoms with van der Waals surface area (Å²) in [5.41, 5.74) is 10.3. The van der Waals surface area contributed by atoms with Crippen molar-refractivity contribution in [3.8, 4) is 0 Å². The Morgan fingerprint density at radius 3 is 1.27 bits per heavy atom. The van der Waals surface area contributed by atoms with Crippen molar-refractivity contribution in [2.45, 2.75) is 27.7 Å². The monoisotopic (exact) mass is 338 g/mol. The van der Waals surface area contributed by atoms with E-state index in [1.165, 1.54) is 44.5 Å². The van der Waals surface area contributed by atoms with E-state index in [2.05, 4.69) is 113 Å². The lowest BCUT2D eigenvalue weighted by molar-refractivity contribution is 1.33. The molecule has 0 heterocycles. The molecule has 0 bridgehead atoms. The third-order valence-electron chi connectivity index (χ3n) is 4.97. The highest BCUT2D eigenvalue weighted by molar-refractivity contribution is 5.79. The largest absolute Gasteiger partial charge is 0.0616 e. The van der Waals surface area contributed by atoms with E-state index in [0.717, 1.165) is 0 Å². The van der Waals surface area contributed by atoms with Gasteiger partial charge in [0.2, 0.25) is 0 Å². The Kier molecular flexibility index (Phi) is 5.53. The van der Waals surface area contributed by atoms with E-state index in [1.807, 2.05) is 0 Å². The van der Waals surface area contributed by atoms with Crippen molar-refractivity contribution in [1.82, 2.24) is 0 Å². The predicted molar refractivity (Wildman–Crippen MR) is 116 cm³/mol. The van der Waals surface area contributed by atoms with E-state index < -0.39 is 0 Å². The fraction of sp³-hybridized carbons (Fsp3) is 0.154. The van der Waals surface area contributed by atoms with Gasteiger partial charge in [0.15, 0.2) is 0 Å². The summed E-state index contributed by atoms with van der Waals surface area (Å²) in [6, 6.07) is 21.7. The van der Waals surface area contributed by atoms with Gasteiger partial charge in [-0.3, -0.25) is 0 Å². The molecule has 0 nitrogen and oxygen atoms in total. The molecule has 0 aliphatic carbocycles. The van der Waals surface area contributed by atoms with Crippen LogP contribution in [0.1, 0.15) is 44.5 Å². The van der Waals surface area contributed by atoms with Crippen LogP contribution in [-0.4, -0.2) is 0 Å². The summed E-state index contributed by atoms with van der Waals surface area (Å²) in [6.07, 6.45) is 8.78. The zero-order valence-corrected chi connectivity index (χ0v) is 16.1. The van der Waals surface area contributed by atoms with Crippen molar-refractivity contribution < 1.29 is 0 Å². The Hall–Kier alpha value is -2.86. The molecule has 26 heavy (non-hydrogen) atoms. The van der Waals surface area contributed by atoms with Crippen LogP contribution in [-0.2, 0) is 0 Å². The molecule has 0 unspecified atom stereocenters. The molecule has 0 spiro atoms. The first-order chi connectivity index (χ1) is 12.5. The van der Waals surface area contributed by atoms with Crippen molar-refractivity contribution in [2.75, 3.05) is 0 Å². The van der Waals surface area contributed by atoms with Gasteiger partial charge in [-0.15, -0.1) is 0 Å². The standard InChI is InChI=1S/C26H26/c1-19-9-11-23(17-21(19)3)13-15-25-7-5-6-8-26(25)16-14-24-12-10-20(2)22(4)18-24/h5-18H,1-4H3/b15-13+,16-14+. The summed E-state index contributed by atoms with van der Waals surface area (Å²) in [6.45, 7) is 8.62. The molecule has 3 aromatic carbocycles. The number of hydrogen-bond acceptors (Lipinski definition) is 0. The Morgan fingerprint density at radius 2 is 0.885 bits per heavy atom. The molecule has 0 fully saturated rings. The van der Waals surface area contributed by atoms with E-state index in [1.54, 1.807) is 0 Å². The van der Waals surface area contributed by atoms with Crippen LogP contribution in [0.2, 0.25) is 0 Å². The molecule has 0 saturated heterocycles. The number of rotatable bonds is 4. The van der Waals surface area contributed by atoms with Crippen LogP contribution in [0.25, 0.3) is 24.3 Å². The molecule has 0 aliphatic rings. The fourth-order valence-electron chi connectivity index (χ4n) is 2.92. The lowest BCUT2D eigenvalue weighted by Gasteiger charge is -2.04. The van der Waals surface area contributed by atoms with Crippen LogP contribution in [0.4, 0.5) is 0 Å².